The number of amides is 2. The van der Waals surface area contributed by atoms with E-state index in [1.165, 1.54) is 6.07 Å². The Bertz CT molecular complexity index is 1220. The Labute approximate surface area is 204 Å². The normalized spacial score (nSPS) is 29.2. The molecule has 5 atom stereocenters. The summed E-state index contributed by atoms with van der Waals surface area (Å²) >= 11 is 0. The van der Waals surface area contributed by atoms with Gasteiger partial charge < -0.3 is 36.6 Å². The minimum Gasteiger partial charge on any atom is -0.507 e. The van der Waals surface area contributed by atoms with E-state index in [0.717, 1.165) is 0 Å². The summed E-state index contributed by atoms with van der Waals surface area (Å²) in [5.41, 5.74) is 2.50. The number of aliphatic hydroxyl groups excluding tert-OH is 2. The van der Waals surface area contributed by atoms with E-state index in [0.29, 0.717) is 5.56 Å². The number of Topliss-reactive ketones (excluding diaryl/α,β-unsaturated/α-hetero) is 2. The van der Waals surface area contributed by atoms with Crippen LogP contribution in [0.1, 0.15) is 43.2 Å². The van der Waals surface area contributed by atoms with Gasteiger partial charge in [-0.3, -0.25) is 24.0 Å². The Morgan fingerprint density at radius 1 is 1.11 bits per heavy atom. The summed E-state index contributed by atoms with van der Waals surface area (Å²) in [7, 11) is 0. The molecule has 0 aromatic heterocycles. The number of benzene rings is 1. The predicted octanol–water partition coefficient (Wildman–Crippen LogP) is -0.218. The molecule has 0 bridgehead atoms. The highest BCUT2D eigenvalue weighted by Gasteiger charge is 2.63. The number of fused-ring (bicyclic) bond motifs is 3. The van der Waals surface area contributed by atoms with Crippen LogP contribution >= 0.6 is 0 Å². The molecule has 36 heavy (non-hydrogen) atoms. The highest BCUT2D eigenvalue weighted by atomic mass is 16.4. The van der Waals surface area contributed by atoms with Gasteiger partial charge >= 0.3 is 5.97 Å². The number of hydrogen-bond acceptors (Lipinski definition) is 9. The van der Waals surface area contributed by atoms with Gasteiger partial charge in [-0.1, -0.05) is 6.07 Å². The summed E-state index contributed by atoms with van der Waals surface area (Å²) in [4.78, 5) is 60.9. The highest BCUT2D eigenvalue weighted by molar-refractivity contribution is 6.24. The zero-order valence-corrected chi connectivity index (χ0v) is 19.1. The lowest BCUT2D eigenvalue weighted by molar-refractivity contribution is -0.174. The molecular weight excluding hydrogens is 476 g/mol. The number of rotatable bonds is 6. The monoisotopic (exact) mass is 502 g/mol. The molecule has 192 valence electrons. The minimum absolute atomic E-state index is 0.0538. The van der Waals surface area contributed by atoms with Crippen molar-refractivity contribution in [1.29, 1.82) is 0 Å². The Morgan fingerprint density at radius 3 is 2.44 bits per heavy atom. The molecule has 2 fully saturated rings. The first-order chi connectivity index (χ1) is 16.9. The number of phenols is 1. The fraction of sp³-hybridized carbons (Fsp3) is 0.458. The van der Waals surface area contributed by atoms with E-state index in [4.69, 9.17) is 10.8 Å². The zero-order chi connectivity index (χ0) is 26.5. The fourth-order valence-electron chi connectivity index (χ4n) is 5.61. The van der Waals surface area contributed by atoms with Gasteiger partial charge in [0.1, 0.15) is 17.4 Å². The van der Waals surface area contributed by atoms with E-state index in [2.05, 4.69) is 5.32 Å². The van der Waals surface area contributed by atoms with Crippen molar-refractivity contribution in [1.82, 2.24) is 0 Å². The van der Waals surface area contributed by atoms with E-state index in [9.17, 15) is 44.4 Å². The van der Waals surface area contributed by atoms with Gasteiger partial charge in [-0.25, -0.2) is 0 Å². The van der Waals surface area contributed by atoms with Crippen molar-refractivity contribution in [2.75, 3.05) is 5.32 Å². The Balaban J connectivity index is 1.68. The summed E-state index contributed by atoms with van der Waals surface area (Å²) in [6.07, 6.45) is -1.70. The van der Waals surface area contributed by atoms with Crippen molar-refractivity contribution in [3.63, 3.8) is 0 Å². The third-order valence-electron chi connectivity index (χ3n) is 7.33. The Morgan fingerprint density at radius 2 is 1.81 bits per heavy atom. The smallest absolute Gasteiger partial charge is 0.303 e. The number of aliphatic carboxylic acids is 1. The van der Waals surface area contributed by atoms with Crippen molar-refractivity contribution in [2.24, 2.45) is 23.5 Å². The second kappa shape index (κ2) is 9.03. The summed E-state index contributed by atoms with van der Waals surface area (Å²) in [5, 5.41) is 54.5. The van der Waals surface area contributed by atoms with Crippen LogP contribution in [0.15, 0.2) is 17.7 Å². The van der Waals surface area contributed by atoms with Crippen LogP contribution in [0.3, 0.4) is 0 Å². The number of carboxylic acids is 1. The molecule has 2 saturated carbocycles. The number of anilines is 1. The van der Waals surface area contributed by atoms with Gasteiger partial charge in [0.25, 0.3) is 0 Å². The maximum atomic E-state index is 13.4. The lowest BCUT2D eigenvalue weighted by Crippen LogP contribution is -2.66. The quantitative estimate of drug-likeness (QED) is 0.200. The third-order valence-corrected chi connectivity index (χ3v) is 7.33. The molecule has 4 rings (SSSR count). The van der Waals surface area contributed by atoms with Crippen LogP contribution in [0.5, 0.6) is 5.75 Å². The number of phenolic OH excluding ortho intramolecular Hbond substituents is 1. The van der Waals surface area contributed by atoms with E-state index in [1.807, 2.05) is 0 Å². The lowest BCUT2D eigenvalue weighted by atomic mass is 9.56. The van der Waals surface area contributed by atoms with Crippen LogP contribution in [-0.2, 0) is 30.4 Å². The van der Waals surface area contributed by atoms with E-state index in [1.54, 1.807) is 6.07 Å². The van der Waals surface area contributed by atoms with Crippen LogP contribution in [-0.4, -0.2) is 66.6 Å². The van der Waals surface area contributed by atoms with Gasteiger partial charge in [0.15, 0.2) is 11.4 Å². The summed E-state index contributed by atoms with van der Waals surface area (Å²) in [5.74, 6) is -9.73. The van der Waals surface area contributed by atoms with E-state index < -0.39 is 70.3 Å². The Hall–Kier alpha value is -3.77. The number of aliphatic hydroxyl groups is 3. The Kier molecular flexibility index (Phi) is 6.35. The first-order valence-electron chi connectivity index (χ1n) is 11.5. The molecule has 0 heterocycles. The SMILES string of the molecule is NC(=O)C1C(=O)[C@@]2(O)C(=O)C3=C(O)c4c(ccc(NC(=O)CCCC(=O)O)c4O)C[C@H]3C[C@H]2CC1O. The number of ketones is 2. The van der Waals surface area contributed by atoms with Gasteiger partial charge in [0.05, 0.1) is 17.4 Å². The number of carboxylic acid groups (broad SMARTS) is 1. The average molecular weight is 502 g/mol. The van der Waals surface area contributed by atoms with Crippen LogP contribution < -0.4 is 11.1 Å². The van der Waals surface area contributed by atoms with Crippen LogP contribution in [0.25, 0.3) is 5.76 Å². The molecule has 12 heteroatoms. The molecule has 2 amide bonds. The van der Waals surface area contributed by atoms with Crippen molar-refractivity contribution >= 4 is 40.8 Å². The number of hydrogen-bond donors (Lipinski definition) is 7. The van der Waals surface area contributed by atoms with Gasteiger partial charge in [0.2, 0.25) is 17.6 Å². The topological polar surface area (TPSA) is 225 Å². The van der Waals surface area contributed by atoms with Crippen LogP contribution in [0, 0.1) is 17.8 Å². The second-order valence-corrected chi connectivity index (χ2v) is 9.53. The van der Waals surface area contributed by atoms with Crippen molar-refractivity contribution < 1.29 is 49.5 Å². The summed E-state index contributed by atoms with van der Waals surface area (Å²) in [6.45, 7) is 0. The largest absolute Gasteiger partial charge is 0.507 e. The van der Waals surface area contributed by atoms with Crippen molar-refractivity contribution in [3.8, 4) is 5.75 Å². The lowest BCUT2D eigenvalue weighted by Gasteiger charge is -2.48. The molecule has 0 aliphatic heterocycles. The van der Waals surface area contributed by atoms with Crippen molar-refractivity contribution in [2.45, 2.75) is 50.2 Å². The maximum Gasteiger partial charge on any atom is 0.303 e. The minimum atomic E-state index is -2.66. The third kappa shape index (κ3) is 3.91. The molecule has 0 saturated heterocycles. The molecule has 3 aliphatic rings. The zero-order valence-electron chi connectivity index (χ0n) is 19.1. The summed E-state index contributed by atoms with van der Waals surface area (Å²) in [6, 6.07) is 2.96. The first kappa shape index (κ1) is 25.3. The van der Waals surface area contributed by atoms with Gasteiger partial charge in [0, 0.05) is 24.3 Å². The van der Waals surface area contributed by atoms with E-state index >= 15 is 0 Å². The number of aromatic hydroxyl groups is 1. The average Bonchev–Trinajstić information content (AvgIpc) is 2.77. The standard InChI is InChI=1S/C24H26N2O10/c25-23(35)18-13(27)8-11-7-10-6-9-4-5-12(26-14(28)2-1-3-15(29)30)19(31)16(9)20(32)17(10)21(33)24(11,36)22(18)34/h4-5,10-11,13,18,27,31-32,36H,1-3,6-8H2,(H2,25,35)(H,26,28)(H,29,30)/t10-,11-,13?,18?,24-/m0/s1. The maximum absolute atomic E-state index is 13.4. The van der Waals surface area contributed by atoms with Crippen LogP contribution in [0.4, 0.5) is 5.69 Å². The van der Waals surface area contributed by atoms with Gasteiger partial charge in [-0.15, -0.1) is 0 Å². The predicted molar refractivity (Wildman–Crippen MR) is 121 cm³/mol. The molecule has 3 aliphatic carbocycles. The van der Waals surface area contributed by atoms with Gasteiger partial charge in [-0.05, 0) is 43.2 Å². The molecule has 8 N–H and O–H groups in total. The fourth-order valence-corrected chi connectivity index (χ4v) is 5.61. The van der Waals surface area contributed by atoms with E-state index in [-0.39, 0.29) is 55.3 Å². The van der Waals surface area contributed by atoms with Crippen LogP contribution in [0.2, 0.25) is 0 Å². The number of primary amides is 1. The van der Waals surface area contributed by atoms with Crippen molar-refractivity contribution in [3.05, 3.63) is 28.8 Å². The highest BCUT2D eigenvalue weighted by Crippen LogP contribution is 2.52. The molecule has 1 aromatic rings. The molecule has 0 radical (unpaired) electrons. The number of carbonyl (C=O) groups is 5. The second-order valence-electron chi connectivity index (χ2n) is 9.53. The first-order valence-corrected chi connectivity index (χ1v) is 11.5. The molecule has 0 spiro atoms. The molecular formula is C24H26N2O10. The van der Waals surface area contributed by atoms with Gasteiger partial charge in [-0.2, -0.15) is 0 Å². The summed E-state index contributed by atoms with van der Waals surface area (Å²) < 4.78 is 0. The number of nitrogens with two attached hydrogens (primary N) is 1. The molecule has 12 nitrogen and oxygen atoms in total. The number of carbonyl (C=O) groups excluding carboxylic acids is 4. The molecule has 1 aromatic carbocycles. The number of nitrogens with one attached hydrogen (secondary N) is 1. The molecule has 2 unspecified atom stereocenters.